The van der Waals surface area contributed by atoms with Crippen LogP contribution in [0.25, 0.3) is 0 Å². The Morgan fingerprint density at radius 3 is 2.64 bits per heavy atom. The summed E-state index contributed by atoms with van der Waals surface area (Å²) in [6.45, 7) is 2.17. The van der Waals surface area contributed by atoms with Crippen LogP contribution in [-0.4, -0.2) is 44.3 Å². The molecule has 0 spiro atoms. The first kappa shape index (κ1) is 14.9. The zero-order chi connectivity index (χ0) is 15.7. The minimum Gasteiger partial charge on any atom is -0.448 e. The normalized spacial score (nSPS) is 26.3. The summed E-state index contributed by atoms with van der Waals surface area (Å²) in [4.78, 5) is 4.38. The van der Waals surface area contributed by atoms with Gasteiger partial charge in [-0.15, -0.1) is 0 Å². The van der Waals surface area contributed by atoms with E-state index in [0.717, 1.165) is 37.4 Å². The van der Waals surface area contributed by atoms with E-state index in [1.54, 1.807) is 6.07 Å². The molecule has 116 valence electrons. The van der Waals surface area contributed by atoms with E-state index >= 15 is 0 Å². The second kappa shape index (κ2) is 6.00. The van der Waals surface area contributed by atoms with Gasteiger partial charge >= 0.3 is 0 Å². The van der Waals surface area contributed by atoms with Gasteiger partial charge in [0.15, 0.2) is 0 Å². The van der Waals surface area contributed by atoms with E-state index in [4.69, 9.17) is 9.68 Å². The van der Waals surface area contributed by atoms with Crippen LogP contribution in [0.4, 0.5) is 5.69 Å². The molecule has 2 atom stereocenters. The molecule has 3 rings (SSSR count). The first-order valence-corrected chi connectivity index (χ1v) is 7.72. The highest BCUT2D eigenvalue weighted by molar-refractivity contribution is 5.56. The fourth-order valence-electron chi connectivity index (χ4n) is 3.41. The predicted molar refractivity (Wildman–Crippen MR) is 82.1 cm³/mol. The molecule has 6 nitrogen and oxygen atoms in total. The Kier molecular flexibility index (Phi) is 4.06. The quantitative estimate of drug-likeness (QED) is 0.886. The molecule has 2 unspecified atom stereocenters. The van der Waals surface area contributed by atoms with Gasteiger partial charge in [-0.3, -0.25) is 5.32 Å². The van der Waals surface area contributed by atoms with Crippen LogP contribution in [0.3, 0.4) is 0 Å². The third-order valence-corrected chi connectivity index (χ3v) is 4.77. The van der Waals surface area contributed by atoms with Gasteiger partial charge in [0.25, 0.3) is 0 Å². The summed E-state index contributed by atoms with van der Waals surface area (Å²) in [7, 11) is 4.10. The fraction of sp³-hybridized carbons (Fsp3) is 0.625. The van der Waals surface area contributed by atoms with Crippen molar-refractivity contribution in [3.8, 4) is 12.1 Å². The van der Waals surface area contributed by atoms with Crippen LogP contribution in [0.2, 0.25) is 0 Å². The molecule has 1 aromatic rings. The maximum atomic E-state index is 9.51. The highest BCUT2D eigenvalue weighted by Gasteiger charge is 2.36. The number of anilines is 1. The van der Waals surface area contributed by atoms with Crippen molar-refractivity contribution in [1.82, 2.24) is 10.2 Å². The van der Waals surface area contributed by atoms with E-state index in [1.807, 2.05) is 13.1 Å². The molecule has 3 heterocycles. The fourth-order valence-corrected chi connectivity index (χ4v) is 3.41. The van der Waals surface area contributed by atoms with Crippen LogP contribution in [0.1, 0.15) is 24.4 Å². The highest BCUT2D eigenvalue weighted by atomic mass is 16.3. The van der Waals surface area contributed by atoms with Gasteiger partial charge in [-0.05, 0) is 33.0 Å². The molecular formula is C16H21N5O. The smallest absolute Gasteiger partial charge is 0.205 e. The lowest BCUT2D eigenvalue weighted by atomic mass is 9.94. The summed E-state index contributed by atoms with van der Waals surface area (Å²) in [5, 5.41) is 22.2. The van der Waals surface area contributed by atoms with Crippen LogP contribution in [0, 0.1) is 28.6 Å². The molecule has 1 fully saturated rings. The molecule has 22 heavy (non-hydrogen) atoms. The first-order valence-electron chi connectivity index (χ1n) is 7.72. The number of rotatable bonds is 2. The van der Waals surface area contributed by atoms with E-state index in [2.05, 4.69) is 28.2 Å². The van der Waals surface area contributed by atoms with Crippen LogP contribution in [0.15, 0.2) is 10.5 Å². The van der Waals surface area contributed by atoms with Gasteiger partial charge in [-0.1, -0.05) is 0 Å². The Bertz CT molecular complexity index is 617. The summed E-state index contributed by atoms with van der Waals surface area (Å²) in [6, 6.07) is 6.63. The Labute approximate surface area is 130 Å². The van der Waals surface area contributed by atoms with Gasteiger partial charge in [0.05, 0.1) is 23.8 Å². The SMILES string of the molecule is CN1CCC(NC2C(C#N)Cc3oc(C#N)cc3N2C)CC1. The molecule has 0 aliphatic carbocycles. The number of furan rings is 1. The van der Waals surface area contributed by atoms with Gasteiger partial charge in [0, 0.05) is 25.6 Å². The first-order chi connectivity index (χ1) is 10.6. The van der Waals surface area contributed by atoms with Crippen molar-refractivity contribution < 1.29 is 4.42 Å². The summed E-state index contributed by atoms with van der Waals surface area (Å²) >= 11 is 0. The summed E-state index contributed by atoms with van der Waals surface area (Å²) in [6.07, 6.45) is 2.72. The summed E-state index contributed by atoms with van der Waals surface area (Å²) in [5.74, 6) is 0.885. The molecule has 0 amide bonds. The minimum absolute atomic E-state index is 0.0324. The number of fused-ring (bicyclic) bond motifs is 1. The maximum Gasteiger partial charge on any atom is 0.205 e. The summed E-state index contributed by atoms with van der Waals surface area (Å²) in [5.41, 5.74) is 0.925. The molecule has 2 aliphatic heterocycles. The van der Waals surface area contributed by atoms with Gasteiger partial charge in [-0.2, -0.15) is 10.5 Å². The van der Waals surface area contributed by atoms with Crippen LogP contribution >= 0.6 is 0 Å². The zero-order valence-electron chi connectivity index (χ0n) is 13.0. The Morgan fingerprint density at radius 1 is 1.27 bits per heavy atom. The number of nitrogens with zero attached hydrogens (tertiary/aromatic N) is 4. The summed E-state index contributed by atoms with van der Waals surface area (Å²) < 4.78 is 5.52. The molecule has 1 aromatic heterocycles. The van der Waals surface area contributed by atoms with Gasteiger partial charge in [0.2, 0.25) is 5.76 Å². The van der Waals surface area contributed by atoms with Crippen LogP contribution in [-0.2, 0) is 6.42 Å². The standard InChI is InChI=1S/C16H21N5O/c1-20-5-3-12(4-6-20)19-16-11(9-17)7-15-14(21(16)2)8-13(10-18)22-15/h8,11-12,16,19H,3-7H2,1-2H3. The van der Waals surface area contributed by atoms with Gasteiger partial charge in [-0.25, -0.2) is 0 Å². The number of piperidine rings is 1. The van der Waals surface area contributed by atoms with Crippen molar-refractivity contribution in [3.63, 3.8) is 0 Å². The predicted octanol–water partition coefficient (Wildman–Crippen LogP) is 1.29. The molecule has 0 saturated carbocycles. The molecular weight excluding hydrogens is 278 g/mol. The minimum atomic E-state index is -0.171. The lowest BCUT2D eigenvalue weighted by Crippen LogP contribution is -2.56. The van der Waals surface area contributed by atoms with Crippen LogP contribution < -0.4 is 10.2 Å². The molecule has 0 radical (unpaired) electrons. The Hall–Kier alpha value is -2.02. The highest BCUT2D eigenvalue weighted by Crippen LogP contribution is 2.34. The third-order valence-electron chi connectivity index (χ3n) is 4.77. The molecule has 2 aliphatic rings. The van der Waals surface area contributed by atoms with Gasteiger partial charge in [0.1, 0.15) is 11.8 Å². The van der Waals surface area contributed by atoms with E-state index < -0.39 is 0 Å². The van der Waals surface area contributed by atoms with Crippen LogP contribution in [0.5, 0.6) is 0 Å². The lowest BCUT2D eigenvalue weighted by Gasteiger charge is -2.41. The van der Waals surface area contributed by atoms with E-state index in [9.17, 15) is 5.26 Å². The molecule has 0 bridgehead atoms. The lowest BCUT2D eigenvalue weighted by molar-refractivity contribution is 0.211. The monoisotopic (exact) mass is 299 g/mol. The topological polar surface area (TPSA) is 79.2 Å². The van der Waals surface area contributed by atoms with Crippen molar-refractivity contribution in [2.24, 2.45) is 5.92 Å². The second-order valence-electron chi connectivity index (χ2n) is 6.27. The number of nitriles is 2. The number of nitrogens with one attached hydrogen (secondary N) is 1. The number of hydrogen-bond donors (Lipinski definition) is 1. The van der Waals surface area contributed by atoms with E-state index in [0.29, 0.717) is 18.2 Å². The zero-order valence-corrected chi connectivity index (χ0v) is 13.0. The van der Waals surface area contributed by atoms with Crippen molar-refractivity contribution in [1.29, 1.82) is 10.5 Å². The molecule has 1 N–H and O–H groups in total. The Balaban J connectivity index is 1.78. The number of likely N-dealkylation sites (tertiary alicyclic amines) is 1. The average molecular weight is 299 g/mol. The van der Waals surface area contributed by atoms with Crippen molar-refractivity contribution >= 4 is 5.69 Å². The largest absolute Gasteiger partial charge is 0.448 e. The molecule has 6 heteroatoms. The van der Waals surface area contributed by atoms with Gasteiger partial charge < -0.3 is 14.2 Å². The molecule has 0 aromatic carbocycles. The van der Waals surface area contributed by atoms with Crippen molar-refractivity contribution in [2.45, 2.75) is 31.5 Å². The van der Waals surface area contributed by atoms with E-state index in [-0.39, 0.29) is 12.1 Å². The maximum absolute atomic E-state index is 9.51. The molecule has 1 saturated heterocycles. The van der Waals surface area contributed by atoms with E-state index in [1.165, 1.54) is 0 Å². The Morgan fingerprint density at radius 2 is 2.00 bits per heavy atom. The average Bonchev–Trinajstić information content (AvgIpc) is 2.95. The van der Waals surface area contributed by atoms with Crippen molar-refractivity contribution in [3.05, 3.63) is 17.6 Å². The number of hydrogen-bond acceptors (Lipinski definition) is 6. The second-order valence-corrected chi connectivity index (χ2v) is 6.27. The third kappa shape index (κ3) is 2.68. The van der Waals surface area contributed by atoms with Crippen molar-refractivity contribution in [2.75, 3.05) is 32.1 Å².